The Hall–Kier alpha value is -4.12. The van der Waals surface area contributed by atoms with Gasteiger partial charge in [-0.1, -0.05) is 43.0 Å². The summed E-state index contributed by atoms with van der Waals surface area (Å²) in [5.41, 5.74) is 5.18. The van der Waals surface area contributed by atoms with E-state index in [9.17, 15) is 9.59 Å². The monoisotopic (exact) mass is 427 g/mol. The van der Waals surface area contributed by atoms with Crippen molar-refractivity contribution >= 4 is 29.0 Å². The molecule has 0 bridgehead atoms. The zero-order valence-electron chi connectivity index (χ0n) is 18.2. The zero-order chi connectivity index (χ0) is 23.1. The van der Waals surface area contributed by atoms with Crippen LogP contribution in [0.15, 0.2) is 97.6 Å². The van der Waals surface area contributed by atoms with Crippen LogP contribution >= 0.6 is 0 Å². The van der Waals surface area contributed by atoms with Gasteiger partial charge < -0.3 is 14.4 Å². The van der Waals surface area contributed by atoms with Crippen molar-refractivity contribution in [2.75, 3.05) is 4.90 Å². The summed E-state index contributed by atoms with van der Waals surface area (Å²) in [6.45, 7) is 10.8. The molecule has 0 aromatic heterocycles. The number of anilines is 3. The molecule has 0 amide bonds. The van der Waals surface area contributed by atoms with Crippen LogP contribution in [0, 0.1) is 6.92 Å². The molecule has 0 fully saturated rings. The van der Waals surface area contributed by atoms with Crippen molar-refractivity contribution in [3.63, 3.8) is 0 Å². The summed E-state index contributed by atoms with van der Waals surface area (Å²) in [6.07, 6.45) is 1.14. The van der Waals surface area contributed by atoms with Crippen molar-refractivity contribution in [2.45, 2.75) is 20.5 Å². The van der Waals surface area contributed by atoms with Gasteiger partial charge in [0, 0.05) is 28.7 Å². The summed E-state index contributed by atoms with van der Waals surface area (Å²) in [5, 5.41) is 0. The molecule has 0 radical (unpaired) electrons. The van der Waals surface area contributed by atoms with Crippen LogP contribution in [0.3, 0.4) is 0 Å². The normalized spacial score (nSPS) is 10.2. The van der Waals surface area contributed by atoms with Crippen LogP contribution in [-0.4, -0.2) is 11.9 Å². The maximum Gasteiger partial charge on any atom is 0.338 e. The second-order valence-electron chi connectivity index (χ2n) is 7.31. The molecule has 0 unspecified atom stereocenters. The van der Waals surface area contributed by atoms with Gasteiger partial charge in [-0.2, -0.15) is 0 Å². The fourth-order valence-electron chi connectivity index (χ4n) is 2.95. The molecule has 3 aromatic carbocycles. The Kier molecular flexibility index (Phi) is 7.24. The maximum atomic E-state index is 11.8. The van der Waals surface area contributed by atoms with E-state index in [1.54, 1.807) is 19.1 Å². The van der Waals surface area contributed by atoms with Gasteiger partial charge in [-0.05, 0) is 67.9 Å². The second kappa shape index (κ2) is 10.3. The van der Waals surface area contributed by atoms with Crippen molar-refractivity contribution in [3.8, 4) is 5.75 Å². The van der Waals surface area contributed by atoms with E-state index in [0.717, 1.165) is 34.3 Å². The van der Waals surface area contributed by atoms with Gasteiger partial charge in [0.2, 0.25) is 0 Å². The summed E-state index contributed by atoms with van der Waals surface area (Å²) in [4.78, 5) is 25.2. The summed E-state index contributed by atoms with van der Waals surface area (Å²) in [7, 11) is 0. The van der Waals surface area contributed by atoms with Crippen LogP contribution in [0.1, 0.15) is 18.1 Å². The minimum Gasteiger partial charge on any atom is -0.458 e. The van der Waals surface area contributed by atoms with E-state index in [2.05, 4.69) is 30.2 Å². The number of carbonyl (C=O) groups excluding carboxylic acids is 2. The highest BCUT2D eigenvalue weighted by Crippen LogP contribution is 2.35. The molecule has 0 aliphatic heterocycles. The lowest BCUT2D eigenvalue weighted by molar-refractivity contribution is -0.139. The predicted octanol–water partition coefficient (Wildman–Crippen LogP) is 6.18. The molecule has 162 valence electrons. The van der Waals surface area contributed by atoms with Gasteiger partial charge in [0.05, 0.1) is 0 Å². The van der Waals surface area contributed by atoms with Gasteiger partial charge in [0.1, 0.15) is 12.4 Å². The van der Waals surface area contributed by atoms with Crippen molar-refractivity contribution in [1.82, 2.24) is 0 Å². The van der Waals surface area contributed by atoms with Crippen molar-refractivity contribution < 1.29 is 19.1 Å². The van der Waals surface area contributed by atoms with Crippen molar-refractivity contribution in [1.29, 1.82) is 0 Å². The second-order valence-corrected chi connectivity index (χ2v) is 7.31. The Labute approximate surface area is 188 Å². The van der Waals surface area contributed by atoms with E-state index >= 15 is 0 Å². The summed E-state index contributed by atoms with van der Waals surface area (Å²) in [6, 6.07) is 23.2. The molecule has 0 aliphatic rings. The zero-order valence-corrected chi connectivity index (χ0v) is 18.2. The first-order valence-corrected chi connectivity index (χ1v) is 10.1. The van der Waals surface area contributed by atoms with Gasteiger partial charge in [-0.25, -0.2) is 9.59 Å². The molecule has 0 saturated heterocycles. The number of hydrogen-bond acceptors (Lipinski definition) is 5. The topological polar surface area (TPSA) is 55.8 Å². The quantitative estimate of drug-likeness (QED) is 0.244. The average molecular weight is 428 g/mol. The van der Waals surface area contributed by atoms with Gasteiger partial charge >= 0.3 is 11.9 Å². The smallest absolute Gasteiger partial charge is 0.338 e. The van der Waals surface area contributed by atoms with E-state index in [1.165, 1.54) is 0 Å². The highest BCUT2D eigenvalue weighted by atomic mass is 16.5. The fraction of sp³-hybridized carbons (Fsp3) is 0.111. The number of esters is 2. The van der Waals surface area contributed by atoms with Gasteiger partial charge in [-0.3, -0.25) is 0 Å². The van der Waals surface area contributed by atoms with E-state index < -0.39 is 11.9 Å². The molecule has 0 atom stereocenters. The number of ether oxygens (including phenoxy) is 2. The molecule has 3 rings (SSSR count). The number of hydrogen-bond donors (Lipinski definition) is 0. The van der Waals surface area contributed by atoms with E-state index in [-0.39, 0.29) is 6.61 Å². The SMILES string of the molecule is C=CC(=O)OCc1ccc(N(c2ccc(C)cc2)c2ccc(OC(=O)C(=C)C)cc2)cc1. The molecule has 0 N–H and O–H groups in total. The van der Waals surface area contributed by atoms with Gasteiger partial charge in [0.15, 0.2) is 0 Å². The first-order valence-electron chi connectivity index (χ1n) is 10.1. The molecule has 0 aliphatic carbocycles. The highest BCUT2D eigenvalue weighted by Gasteiger charge is 2.13. The molecule has 5 heteroatoms. The first kappa shape index (κ1) is 22.6. The lowest BCUT2D eigenvalue weighted by Crippen LogP contribution is -2.11. The predicted molar refractivity (Wildman–Crippen MR) is 126 cm³/mol. The van der Waals surface area contributed by atoms with Crippen LogP contribution in [0.25, 0.3) is 0 Å². The third-order valence-electron chi connectivity index (χ3n) is 4.69. The van der Waals surface area contributed by atoms with Crippen LogP contribution in [0.2, 0.25) is 0 Å². The van der Waals surface area contributed by atoms with Crippen molar-refractivity contribution in [2.24, 2.45) is 0 Å². The fourth-order valence-corrected chi connectivity index (χ4v) is 2.95. The first-order chi connectivity index (χ1) is 15.4. The Bertz CT molecular complexity index is 1110. The van der Waals surface area contributed by atoms with Crippen LogP contribution in [-0.2, 0) is 20.9 Å². The number of carbonyl (C=O) groups is 2. The van der Waals surface area contributed by atoms with Gasteiger partial charge in [0.25, 0.3) is 0 Å². The highest BCUT2D eigenvalue weighted by molar-refractivity contribution is 5.89. The minimum absolute atomic E-state index is 0.179. The summed E-state index contributed by atoms with van der Waals surface area (Å²) < 4.78 is 10.4. The van der Waals surface area contributed by atoms with Crippen LogP contribution < -0.4 is 9.64 Å². The average Bonchev–Trinajstić information content (AvgIpc) is 2.80. The minimum atomic E-state index is -0.458. The third kappa shape index (κ3) is 5.73. The van der Waals surface area contributed by atoms with Crippen LogP contribution in [0.5, 0.6) is 5.75 Å². The molecule has 32 heavy (non-hydrogen) atoms. The largest absolute Gasteiger partial charge is 0.458 e. The third-order valence-corrected chi connectivity index (χ3v) is 4.69. The molecular weight excluding hydrogens is 402 g/mol. The number of rotatable bonds is 8. The lowest BCUT2D eigenvalue weighted by Gasteiger charge is -2.26. The van der Waals surface area contributed by atoms with Crippen LogP contribution in [0.4, 0.5) is 17.1 Å². The van der Waals surface area contributed by atoms with Gasteiger partial charge in [-0.15, -0.1) is 0 Å². The molecule has 0 heterocycles. The standard InChI is InChI=1S/C27H25NO4/c1-5-26(29)31-18-21-8-12-23(13-9-21)28(22-10-6-20(4)7-11-22)24-14-16-25(17-15-24)32-27(30)19(2)3/h5-17H,1-2,18H2,3-4H3. The Morgan fingerprint density at radius 2 is 1.38 bits per heavy atom. The number of nitrogens with zero attached hydrogens (tertiary/aromatic N) is 1. The Morgan fingerprint density at radius 3 is 1.88 bits per heavy atom. The number of benzene rings is 3. The molecule has 0 spiro atoms. The molecular formula is C27H25NO4. The summed E-state index contributed by atoms with van der Waals surface area (Å²) in [5.74, 6) is -0.464. The molecule has 5 nitrogen and oxygen atoms in total. The van der Waals surface area contributed by atoms with E-state index in [0.29, 0.717) is 11.3 Å². The molecule has 0 saturated carbocycles. The van der Waals surface area contributed by atoms with Crippen molar-refractivity contribution in [3.05, 3.63) is 109 Å². The number of aryl methyl sites for hydroxylation is 1. The molecule has 3 aromatic rings. The maximum absolute atomic E-state index is 11.8. The Balaban J connectivity index is 1.90. The van der Waals surface area contributed by atoms with E-state index in [1.807, 2.05) is 55.5 Å². The van der Waals surface area contributed by atoms with E-state index in [4.69, 9.17) is 9.47 Å². The Morgan fingerprint density at radius 1 is 0.875 bits per heavy atom. The lowest BCUT2D eigenvalue weighted by atomic mass is 10.1. The summed E-state index contributed by atoms with van der Waals surface area (Å²) >= 11 is 0.